The topological polar surface area (TPSA) is 69.6 Å². The van der Waals surface area contributed by atoms with E-state index in [9.17, 15) is 14.7 Å². The van der Waals surface area contributed by atoms with E-state index in [0.717, 1.165) is 5.69 Å². The summed E-state index contributed by atoms with van der Waals surface area (Å²) < 4.78 is 0. The zero-order valence-electron chi connectivity index (χ0n) is 11.1. The molecular formula is C14H18N2O3. The molecule has 2 unspecified atom stereocenters. The number of Topliss-reactive ketones (excluding diaryl/α,β-unsaturated/α-hetero) is 1. The number of ketones is 1. The third-order valence-electron chi connectivity index (χ3n) is 3.27. The highest BCUT2D eigenvalue weighted by Crippen LogP contribution is 2.19. The van der Waals surface area contributed by atoms with Crippen molar-refractivity contribution in [2.75, 3.05) is 18.1 Å². The molecule has 0 aliphatic carbocycles. The minimum Gasteiger partial charge on any atom is -0.394 e. The first-order valence-electron chi connectivity index (χ1n) is 6.32. The summed E-state index contributed by atoms with van der Waals surface area (Å²) in [6.45, 7) is 3.81. The molecule has 2 atom stereocenters. The van der Waals surface area contributed by atoms with Crippen molar-refractivity contribution in [3.8, 4) is 0 Å². The van der Waals surface area contributed by atoms with Crippen LogP contribution in [0, 0.1) is 0 Å². The molecule has 1 aliphatic rings. The molecule has 19 heavy (non-hydrogen) atoms. The first-order chi connectivity index (χ1) is 9.02. The SMILES string of the molecule is CC(=O)c1ccc(N2CC(C)NC(CO)C2=O)cc1. The minimum atomic E-state index is -0.559. The van der Waals surface area contributed by atoms with Gasteiger partial charge in [0.05, 0.1) is 6.61 Å². The second-order valence-electron chi connectivity index (χ2n) is 4.85. The second-order valence-corrected chi connectivity index (χ2v) is 4.85. The Balaban J connectivity index is 2.24. The van der Waals surface area contributed by atoms with Crippen LogP contribution in [-0.4, -0.2) is 42.0 Å². The molecule has 2 N–H and O–H groups in total. The molecule has 1 fully saturated rings. The normalized spacial score (nSPS) is 23.5. The zero-order valence-corrected chi connectivity index (χ0v) is 11.1. The maximum absolute atomic E-state index is 12.2. The van der Waals surface area contributed by atoms with Gasteiger partial charge in [-0.2, -0.15) is 0 Å². The minimum absolute atomic E-state index is 0.000194. The predicted octanol–water partition coefficient (Wildman–Crippen LogP) is 0.575. The van der Waals surface area contributed by atoms with Gasteiger partial charge in [0.25, 0.3) is 0 Å². The number of amides is 1. The molecular weight excluding hydrogens is 244 g/mol. The van der Waals surface area contributed by atoms with Crippen molar-refractivity contribution < 1.29 is 14.7 Å². The molecule has 0 spiro atoms. The fourth-order valence-corrected chi connectivity index (χ4v) is 2.26. The molecule has 102 valence electrons. The van der Waals surface area contributed by atoms with E-state index in [2.05, 4.69) is 5.32 Å². The van der Waals surface area contributed by atoms with E-state index in [4.69, 9.17) is 0 Å². The van der Waals surface area contributed by atoms with Crippen LogP contribution in [0.2, 0.25) is 0 Å². The molecule has 0 bridgehead atoms. The highest BCUT2D eigenvalue weighted by molar-refractivity contribution is 5.99. The van der Waals surface area contributed by atoms with Gasteiger partial charge in [-0.15, -0.1) is 0 Å². The van der Waals surface area contributed by atoms with Gasteiger partial charge in [0.2, 0.25) is 5.91 Å². The highest BCUT2D eigenvalue weighted by Gasteiger charge is 2.32. The average molecular weight is 262 g/mol. The van der Waals surface area contributed by atoms with E-state index in [1.807, 2.05) is 6.92 Å². The van der Waals surface area contributed by atoms with Crippen molar-refractivity contribution >= 4 is 17.4 Å². The van der Waals surface area contributed by atoms with E-state index < -0.39 is 6.04 Å². The lowest BCUT2D eigenvalue weighted by Gasteiger charge is -2.36. The number of rotatable bonds is 3. The van der Waals surface area contributed by atoms with Gasteiger partial charge in [-0.05, 0) is 38.1 Å². The Hall–Kier alpha value is -1.72. The van der Waals surface area contributed by atoms with Crippen LogP contribution in [-0.2, 0) is 4.79 Å². The molecule has 2 rings (SSSR count). The number of hydrogen-bond acceptors (Lipinski definition) is 4. The molecule has 1 saturated heterocycles. The Morgan fingerprint density at radius 2 is 2.05 bits per heavy atom. The fraction of sp³-hybridized carbons (Fsp3) is 0.429. The van der Waals surface area contributed by atoms with Crippen molar-refractivity contribution in [3.63, 3.8) is 0 Å². The van der Waals surface area contributed by atoms with E-state index in [1.165, 1.54) is 6.92 Å². The second kappa shape index (κ2) is 5.50. The van der Waals surface area contributed by atoms with Crippen LogP contribution in [0.1, 0.15) is 24.2 Å². The number of nitrogens with one attached hydrogen (secondary N) is 1. The summed E-state index contributed by atoms with van der Waals surface area (Å²) >= 11 is 0. The number of carbonyl (C=O) groups excluding carboxylic acids is 2. The third kappa shape index (κ3) is 2.83. The van der Waals surface area contributed by atoms with Gasteiger partial charge in [-0.1, -0.05) is 0 Å². The average Bonchev–Trinajstić information content (AvgIpc) is 2.41. The lowest BCUT2D eigenvalue weighted by Crippen LogP contribution is -2.60. The van der Waals surface area contributed by atoms with E-state index in [1.54, 1.807) is 29.2 Å². The smallest absolute Gasteiger partial charge is 0.246 e. The summed E-state index contributed by atoms with van der Waals surface area (Å²) in [6, 6.07) is 6.51. The maximum atomic E-state index is 12.2. The van der Waals surface area contributed by atoms with Gasteiger partial charge in [0, 0.05) is 23.8 Å². The van der Waals surface area contributed by atoms with Gasteiger partial charge in [0.15, 0.2) is 5.78 Å². The predicted molar refractivity (Wildman–Crippen MR) is 72.3 cm³/mol. The first kappa shape index (κ1) is 13.7. The molecule has 1 amide bonds. The molecule has 1 aromatic rings. The molecule has 1 aromatic carbocycles. The number of aliphatic hydroxyl groups is 1. The summed E-state index contributed by atoms with van der Waals surface area (Å²) in [5, 5.41) is 12.3. The number of anilines is 1. The van der Waals surface area contributed by atoms with Crippen molar-refractivity contribution in [2.24, 2.45) is 0 Å². The molecule has 5 nitrogen and oxygen atoms in total. The zero-order chi connectivity index (χ0) is 14.0. The molecule has 0 saturated carbocycles. The summed E-state index contributed by atoms with van der Waals surface area (Å²) in [7, 11) is 0. The summed E-state index contributed by atoms with van der Waals surface area (Å²) in [4.78, 5) is 25.0. The largest absolute Gasteiger partial charge is 0.394 e. The summed E-state index contributed by atoms with van der Waals surface area (Å²) in [5.41, 5.74) is 1.37. The Bertz CT molecular complexity index is 484. The van der Waals surface area contributed by atoms with Crippen LogP contribution >= 0.6 is 0 Å². The van der Waals surface area contributed by atoms with Crippen LogP contribution in [0.25, 0.3) is 0 Å². The number of benzene rings is 1. The third-order valence-corrected chi connectivity index (χ3v) is 3.27. The first-order valence-corrected chi connectivity index (χ1v) is 6.32. The number of carbonyl (C=O) groups is 2. The number of aliphatic hydroxyl groups excluding tert-OH is 1. The Morgan fingerprint density at radius 3 is 2.58 bits per heavy atom. The molecule has 1 heterocycles. The van der Waals surface area contributed by atoms with Gasteiger partial charge in [0.1, 0.15) is 6.04 Å². The Labute approximate surface area is 112 Å². The standard InChI is InChI=1S/C14H18N2O3/c1-9-7-16(14(19)13(8-17)15-9)12-5-3-11(4-6-12)10(2)18/h3-6,9,13,15,17H,7-8H2,1-2H3. The van der Waals surface area contributed by atoms with Crippen molar-refractivity contribution in [1.82, 2.24) is 5.32 Å². The lowest BCUT2D eigenvalue weighted by molar-refractivity contribution is -0.123. The molecule has 0 aromatic heterocycles. The van der Waals surface area contributed by atoms with Crippen LogP contribution in [0.4, 0.5) is 5.69 Å². The number of piperazine rings is 1. The van der Waals surface area contributed by atoms with Crippen LogP contribution in [0.15, 0.2) is 24.3 Å². The van der Waals surface area contributed by atoms with Crippen molar-refractivity contribution in [2.45, 2.75) is 25.9 Å². The van der Waals surface area contributed by atoms with E-state index >= 15 is 0 Å². The molecule has 5 heteroatoms. The monoisotopic (exact) mass is 262 g/mol. The van der Waals surface area contributed by atoms with Gasteiger partial charge >= 0.3 is 0 Å². The molecule has 1 aliphatic heterocycles. The van der Waals surface area contributed by atoms with Gasteiger partial charge in [-0.3, -0.25) is 14.9 Å². The number of hydrogen-bond donors (Lipinski definition) is 2. The van der Waals surface area contributed by atoms with E-state index in [-0.39, 0.29) is 24.3 Å². The summed E-state index contributed by atoms with van der Waals surface area (Å²) in [6.07, 6.45) is 0. The van der Waals surface area contributed by atoms with Crippen LogP contribution in [0.3, 0.4) is 0 Å². The van der Waals surface area contributed by atoms with Crippen LogP contribution < -0.4 is 10.2 Å². The maximum Gasteiger partial charge on any atom is 0.246 e. The lowest BCUT2D eigenvalue weighted by atomic mass is 10.1. The van der Waals surface area contributed by atoms with Crippen molar-refractivity contribution in [1.29, 1.82) is 0 Å². The van der Waals surface area contributed by atoms with Gasteiger partial charge < -0.3 is 10.0 Å². The number of nitrogens with zero attached hydrogens (tertiary/aromatic N) is 1. The van der Waals surface area contributed by atoms with Crippen LogP contribution in [0.5, 0.6) is 0 Å². The fourth-order valence-electron chi connectivity index (χ4n) is 2.26. The van der Waals surface area contributed by atoms with Gasteiger partial charge in [-0.25, -0.2) is 0 Å². The Kier molecular flexibility index (Phi) is 3.97. The highest BCUT2D eigenvalue weighted by atomic mass is 16.3. The van der Waals surface area contributed by atoms with Crippen molar-refractivity contribution in [3.05, 3.63) is 29.8 Å². The van der Waals surface area contributed by atoms with E-state index in [0.29, 0.717) is 12.1 Å². The Morgan fingerprint density at radius 1 is 1.42 bits per heavy atom. The summed E-state index contributed by atoms with van der Waals surface area (Å²) in [5.74, 6) is -0.143. The quantitative estimate of drug-likeness (QED) is 0.782. The molecule has 0 radical (unpaired) electrons.